The number of ether oxygens (including phenoxy) is 3. The smallest absolute Gasteiger partial charge is 0.215 e. The highest BCUT2D eigenvalue weighted by atomic mass is 16.5. The predicted molar refractivity (Wildman–Crippen MR) is 116 cm³/mol. The fourth-order valence-corrected chi connectivity index (χ4v) is 3.05. The second-order valence-electron chi connectivity index (χ2n) is 7.44. The Balaban J connectivity index is 1.84. The van der Waals surface area contributed by atoms with Crippen LogP contribution in [-0.2, 0) is 13.0 Å². The molecular formula is C24H26N2O5. The Kier molecular flexibility index (Phi) is 7.07. The Bertz CT molecular complexity index is 1050. The number of ketones is 1. The zero-order valence-electron chi connectivity index (χ0n) is 18.1. The Morgan fingerprint density at radius 2 is 1.77 bits per heavy atom. The summed E-state index contributed by atoms with van der Waals surface area (Å²) < 4.78 is 16.4. The maximum Gasteiger partial charge on any atom is 0.215 e. The lowest BCUT2D eigenvalue weighted by atomic mass is 10.0. The number of hydrogen-bond donors (Lipinski definition) is 1. The first-order valence-corrected chi connectivity index (χ1v) is 9.94. The van der Waals surface area contributed by atoms with Crippen LogP contribution in [0.1, 0.15) is 41.2 Å². The van der Waals surface area contributed by atoms with Crippen LogP contribution in [0.5, 0.6) is 23.0 Å². The first kappa shape index (κ1) is 22.1. The third-order valence-electron chi connectivity index (χ3n) is 4.68. The molecule has 3 aromatic rings. The maximum atomic E-state index is 13.0. The largest absolute Gasteiger partial charge is 0.505 e. The molecule has 0 bridgehead atoms. The first-order chi connectivity index (χ1) is 14.9. The van der Waals surface area contributed by atoms with E-state index in [4.69, 9.17) is 14.2 Å². The Labute approximate surface area is 181 Å². The van der Waals surface area contributed by atoms with Crippen molar-refractivity contribution in [3.63, 3.8) is 0 Å². The third kappa shape index (κ3) is 5.31. The number of nitrogens with zero attached hydrogens (tertiary/aromatic N) is 2. The van der Waals surface area contributed by atoms with Crippen LogP contribution in [0.15, 0.2) is 48.8 Å². The zero-order chi connectivity index (χ0) is 22.4. The maximum absolute atomic E-state index is 13.0. The molecule has 0 atom stereocenters. The van der Waals surface area contributed by atoms with E-state index in [2.05, 4.69) is 9.97 Å². The molecule has 0 unspecified atom stereocenters. The van der Waals surface area contributed by atoms with Gasteiger partial charge in [0.2, 0.25) is 5.78 Å². The fraction of sp³-hybridized carbons (Fsp3) is 0.292. The molecular weight excluding hydrogens is 396 g/mol. The summed E-state index contributed by atoms with van der Waals surface area (Å²) in [7, 11) is 3.11. The Morgan fingerprint density at radius 3 is 2.42 bits per heavy atom. The van der Waals surface area contributed by atoms with Crippen LogP contribution in [0.25, 0.3) is 0 Å². The minimum absolute atomic E-state index is 0.112. The molecule has 2 heterocycles. The van der Waals surface area contributed by atoms with Crippen LogP contribution in [0.3, 0.4) is 0 Å². The van der Waals surface area contributed by atoms with Gasteiger partial charge in [-0.25, -0.2) is 4.98 Å². The minimum atomic E-state index is -0.415. The van der Waals surface area contributed by atoms with Crippen molar-refractivity contribution in [3.05, 3.63) is 71.3 Å². The van der Waals surface area contributed by atoms with Gasteiger partial charge >= 0.3 is 0 Å². The fourth-order valence-electron chi connectivity index (χ4n) is 3.05. The first-order valence-electron chi connectivity index (χ1n) is 9.94. The predicted octanol–water partition coefficient (Wildman–Crippen LogP) is 4.21. The molecule has 0 saturated carbocycles. The van der Waals surface area contributed by atoms with Crippen molar-refractivity contribution in [2.75, 3.05) is 14.2 Å². The number of methoxy groups -OCH3 is 2. The van der Waals surface area contributed by atoms with E-state index in [9.17, 15) is 9.90 Å². The number of aromatic nitrogens is 2. The lowest BCUT2D eigenvalue weighted by Crippen LogP contribution is -2.08. The summed E-state index contributed by atoms with van der Waals surface area (Å²) in [5.74, 6) is 1.31. The lowest BCUT2D eigenvalue weighted by Gasteiger charge is -2.13. The van der Waals surface area contributed by atoms with Crippen LogP contribution in [0.4, 0.5) is 0 Å². The standard InChI is InChI=1S/C24H26N2O5/c1-15(2)11-19-23(27)18(9-10-25-19)24(28)20-12-21(22(30-4)13-26-20)31-14-16-5-7-17(29-3)8-6-16/h5-10,12-13,15,27H,11,14H2,1-4H3. The molecule has 7 heteroatoms. The second kappa shape index (κ2) is 9.93. The van der Waals surface area contributed by atoms with Crippen molar-refractivity contribution in [2.45, 2.75) is 26.9 Å². The van der Waals surface area contributed by atoms with E-state index >= 15 is 0 Å². The molecule has 0 aliphatic rings. The van der Waals surface area contributed by atoms with Gasteiger partial charge in [-0.05, 0) is 36.1 Å². The molecule has 2 aromatic heterocycles. The van der Waals surface area contributed by atoms with Crippen LogP contribution in [0, 0.1) is 5.92 Å². The van der Waals surface area contributed by atoms with Gasteiger partial charge in [0.15, 0.2) is 11.5 Å². The number of carbonyl (C=O) groups is 1. The summed E-state index contributed by atoms with van der Waals surface area (Å²) in [6, 6.07) is 10.5. The van der Waals surface area contributed by atoms with E-state index < -0.39 is 5.78 Å². The van der Waals surface area contributed by atoms with E-state index in [0.29, 0.717) is 29.5 Å². The quantitative estimate of drug-likeness (QED) is 0.517. The van der Waals surface area contributed by atoms with E-state index in [-0.39, 0.29) is 23.6 Å². The highest BCUT2D eigenvalue weighted by Crippen LogP contribution is 2.30. The highest BCUT2D eigenvalue weighted by Gasteiger charge is 2.20. The monoisotopic (exact) mass is 422 g/mol. The highest BCUT2D eigenvalue weighted by molar-refractivity contribution is 6.09. The summed E-state index contributed by atoms with van der Waals surface area (Å²) in [5, 5.41) is 10.6. The average molecular weight is 422 g/mol. The Hall–Kier alpha value is -3.61. The zero-order valence-corrected chi connectivity index (χ0v) is 18.1. The summed E-state index contributed by atoms with van der Waals surface area (Å²) in [6.45, 7) is 4.32. The van der Waals surface area contributed by atoms with Gasteiger partial charge in [-0.15, -0.1) is 0 Å². The third-order valence-corrected chi connectivity index (χ3v) is 4.68. The van der Waals surface area contributed by atoms with Gasteiger partial charge in [-0.3, -0.25) is 9.78 Å². The van der Waals surface area contributed by atoms with Gasteiger partial charge in [0, 0.05) is 12.3 Å². The van der Waals surface area contributed by atoms with Gasteiger partial charge in [0.05, 0.1) is 31.7 Å². The van der Waals surface area contributed by atoms with Gasteiger partial charge in [-0.2, -0.15) is 0 Å². The van der Waals surface area contributed by atoms with E-state index in [1.165, 1.54) is 31.6 Å². The topological polar surface area (TPSA) is 90.8 Å². The molecule has 1 aromatic carbocycles. The average Bonchev–Trinajstić information content (AvgIpc) is 2.78. The van der Waals surface area contributed by atoms with Crippen molar-refractivity contribution in [1.82, 2.24) is 9.97 Å². The molecule has 0 fully saturated rings. The molecule has 31 heavy (non-hydrogen) atoms. The number of rotatable bonds is 9. The summed E-state index contributed by atoms with van der Waals surface area (Å²) >= 11 is 0. The molecule has 0 aliphatic heterocycles. The van der Waals surface area contributed by atoms with Gasteiger partial charge in [0.25, 0.3) is 0 Å². The normalized spacial score (nSPS) is 10.7. The van der Waals surface area contributed by atoms with Crippen LogP contribution in [-0.4, -0.2) is 35.1 Å². The number of pyridine rings is 2. The SMILES string of the molecule is COc1ccc(COc2cc(C(=O)c3ccnc(CC(C)C)c3O)ncc2OC)cc1. The molecule has 0 amide bonds. The molecule has 1 N–H and O–H groups in total. The molecule has 3 rings (SSSR count). The van der Waals surface area contributed by atoms with Crippen LogP contribution in [0.2, 0.25) is 0 Å². The van der Waals surface area contributed by atoms with Gasteiger partial charge in [0.1, 0.15) is 23.8 Å². The van der Waals surface area contributed by atoms with Crippen molar-refractivity contribution in [3.8, 4) is 23.0 Å². The van der Waals surface area contributed by atoms with Crippen molar-refractivity contribution in [2.24, 2.45) is 5.92 Å². The van der Waals surface area contributed by atoms with Crippen molar-refractivity contribution < 1.29 is 24.1 Å². The van der Waals surface area contributed by atoms with Crippen LogP contribution < -0.4 is 14.2 Å². The van der Waals surface area contributed by atoms with Crippen LogP contribution >= 0.6 is 0 Å². The lowest BCUT2D eigenvalue weighted by molar-refractivity contribution is 0.103. The van der Waals surface area contributed by atoms with E-state index in [1.807, 2.05) is 38.1 Å². The number of carbonyl (C=O) groups excluding carboxylic acids is 1. The van der Waals surface area contributed by atoms with E-state index in [1.54, 1.807) is 7.11 Å². The molecule has 0 saturated heterocycles. The van der Waals surface area contributed by atoms with Gasteiger partial charge < -0.3 is 19.3 Å². The second-order valence-corrected chi connectivity index (χ2v) is 7.44. The Morgan fingerprint density at radius 1 is 1.03 bits per heavy atom. The number of aromatic hydroxyl groups is 1. The molecule has 7 nitrogen and oxygen atoms in total. The van der Waals surface area contributed by atoms with Crippen molar-refractivity contribution >= 4 is 5.78 Å². The molecule has 162 valence electrons. The molecule has 0 radical (unpaired) electrons. The minimum Gasteiger partial charge on any atom is -0.505 e. The van der Waals surface area contributed by atoms with Crippen molar-refractivity contribution in [1.29, 1.82) is 0 Å². The number of benzene rings is 1. The van der Waals surface area contributed by atoms with Gasteiger partial charge in [-0.1, -0.05) is 26.0 Å². The summed E-state index contributed by atoms with van der Waals surface area (Å²) in [5.41, 5.74) is 1.72. The molecule has 0 aliphatic carbocycles. The van der Waals surface area contributed by atoms with E-state index in [0.717, 1.165) is 11.3 Å². The summed E-state index contributed by atoms with van der Waals surface area (Å²) in [4.78, 5) is 21.4. The summed E-state index contributed by atoms with van der Waals surface area (Å²) in [6.07, 6.45) is 3.53. The molecule has 0 spiro atoms. The number of hydrogen-bond acceptors (Lipinski definition) is 7.